The van der Waals surface area contributed by atoms with Crippen molar-refractivity contribution in [2.75, 3.05) is 13.1 Å². The molecule has 0 aliphatic carbocycles. The number of guanidine groups is 1. The molecule has 1 atom stereocenters. The van der Waals surface area contributed by atoms with E-state index in [1.54, 1.807) is 6.08 Å². The fourth-order valence-electron chi connectivity index (χ4n) is 2.28. The zero-order valence-electron chi connectivity index (χ0n) is 16.1. The smallest absolute Gasteiger partial charge is 0.192 e. The van der Waals surface area contributed by atoms with Crippen LogP contribution < -0.4 is 15.4 Å². The molecule has 0 radical (unpaired) electrons. The van der Waals surface area contributed by atoms with E-state index in [1.165, 1.54) is 0 Å². The number of ether oxygens (including phenoxy) is 1. The molecule has 1 heterocycles. The molecule has 1 unspecified atom stereocenters. The third-order valence-electron chi connectivity index (χ3n) is 4.06. The zero-order chi connectivity index (χ0) is 19.6. The normalized spacial score (nSPS) is 12.5. The van der Waals surface area contributed by atoms with Gasteiger partial charge >= 0.3 is 0 Å². The molecule has 0 aliphatic heterocycles. The molecule has 0 aliphatic rings. The molecule has 0 spiro atoms. The maximum absolute atomic E-state index is 6.18. The monoisotopic (exact) mass is 390 g/mol. The van der Waals surface area contributed by atoms with E-state index in [0.717, 1.165) is 18.1 Å². The van der Waals surface area contributed by atoms with Crippen molar-refractivity contribution in [1.82, 2.24) is 25.4 Å². The van der Waals surface area contributed by atoms with Gasteiger partial charge in [-0.1, -0.05) is 36.7 Å². The van der Waals surface area contributed by atoms with E-state index >= 15 is 0 Å². The second-order valence-corrected chi connectivity index (χ2v) is 6.42. The Morgan fingerprint density at radius 2 is 2.15 bits per heavy atom. The van der Waals surface area contributed by atoms with Crippen LogP contribution in [0, 0.1) is 6.92 Å². The molecule has 1 aromatic carbocycles. The van der Waals surface area contributed by atoms with Crippen LogP contribution in [-0.2, 0) is 13.6 Å². The first-order valence-electron chi connectivity index (χ1n) is 8.94. The van der Waals surface area contributed by atoms with E-state index in [4.69, 9.17) is 16.3 Å². The minimum atomic E-state index is -0.0438. The fraction of sp³-hybridized carbons (Fsp3) is 0.421. The lowest BCUT2D eigenvalue weighted by molar-refractivity contribution is 0.199. The first kappa shape index (κ1) is 20.8. The number of nitrogens with one attached hydrogen (secondary N) is 2. The lowest BCUT2D eigenvalue weighted by Gasteiger charge is -2.20. The van der Waals surface area contributed by atoms with Crippen LogP contribution in [0.15, 0.2) is 41.9 Å². The predicted octanol–water partition coefficient (Wildman–Crippen LogP) is 2.86. The molecule has 0 saturated carbocycles. The van der Waals surface area contributed by atoms with Gasteiger partial charge in [0.2, 0.25) is 0 Å². The number of para-hydroxylation sites is 1. The second-order valence-electron chi connectivity index (χ2n) is 6.02. The quantitative estimate of drug-likeness (QED) is 0.391. The Balaban J connectivity index is 1.99. The Bertz CT molecular complexity index is 773. The minimum Gasteiger partial charge on any atom is -0.487 e. The number of hydrogen-bond donors (Lipinski definition) is 2. The van der Waals surface area contributed by atoms with Gasteiger partial charge in [-0.2, -0.15) is 0 Å². The van der Waals surface area contributed by atoms with Gasteiger partial charge in [0.05, 0.1) is 11.6 Å². The standard InChI is InChI=1S/C19H27ClN6O/c1-5-11-21-19(23-13-18-25-24-14(3)26(18)4)22-12-15(6-2)27-17-10-8-7-9-16(17)20/h5,7-10,15H,1,6,11-13H2,2-4H3,(H2,21,22,23). The van der Waals surface area contributed by atoms with Crippen molar-refractivity contribution in [2.45, 2.75) is 32.9 Å². The first-order valence-corrected chi connectivity index (χ1v) is 9.32. The van der Waals surface area contributed by atoms with Crippen LogP contribution in [0.4, 0.5) is 0 Å². The van der Waals surface area contributed by atoms with Gasteiger partial charge in [-0.3, -0.25) is 0 Å². The van der Waals surface area contributed by atoms with Gasteiger partial charge in [-0.15, -0.1) is 16.8 Å². The van der Waals surface area contributed by atoms with Gasteiger partial charge in [-0.25, -0.2) is 4.99 Å². The number of rotatable bonds is 9. The van der Waals surface area contributed by atoms with Gasteiger partial charge < -0.3 is 19.9 Å². The number of halogens is 1. The highest BCUT2D eigenvalue weighted by atomic mass is 35.5. The summed E-state index contributed by atoms with van der Waals surface area (Å²) in [4.78, 5) is 4.58. The highest BCUT2D eigenvalue weighted by Crippen LogP contribution is 2.24. The van der Waals surface area contributed by atoms with E-state index in [-0.39, 0.29) is 6.10 Å². The van der Waals surface area contributed by atoms with Crippen LogP contribution in [0.5, 0.6) is 5.75 Å². The molecule has 27 heavy (non-hydrogen) atoms. The van der Waals surface area contributed by atoms with E-state index < -0.39 is 0 Å². The van der Waals surface area contributed by atoms with Gasteiger partial charge in [0.1, 0.15) is 24.2 Å². The highest BCUT2D eigenvalue weighted by Gasteiger charge is 2.12. The van der Waals surface area contributed by atoms with E-state index in [1.807, 2.05) is 42.8 Å². The summed E-state index contributed by atoms with van der Waals surface area (Å²) in [6, 6.07) is 7.47. The molecule has 7 nitrogen and oxygen atoms in total. The number of aromatic nitrogens is 3. The summed E-state index contributed by atoms with van der Waals surface area (Å²) < 4.78 is 7.93. The lowest BCUT2D eigenvalue weighted by Crippen LogP contribution is -2.42. The summed E-state index contributed by atoms with van der Waals surface area (Å²) in [6.07, 6.45) is 2.56. The predicted molar refractivity (Wildman–Crippen MR) is 109 cm³/mol. The van der Waals surface area contributed by atoms with Crippen LogP contribution in [0.3, 0.4) is 0 Å². The van der Waals surface area contributed by atoms with Gasteiger partial charge in [-0.05, 0) is 25.5 Å². The van der Waals surface area contributed by atoms with Crippen molar-refractivity contribution in [2.24, 2.45) is 12.0 Å². The van der Waals surface area contributed by atoms with Crippen molar-refractivity contribution in [3.05, 3.63) is 53.6 Å². The number of aliphatic imine (C=N–C) groups is 1. The second kappa shape index (κ2) is 10.6. The molecule has 0 amide bonds. The molecule has 0 saturated heterocycles. The van der Waals surface area contributed by atoms with Crippen molar-refractivity contribution < 1.29 is 4.74 Å². The average Bonchev–Trinajstić information content (AvgIpc) is 2.99. The fourth-order valence-corrected chi connectivity index (χ4v) is 2.46. The molecule has 1 aromatic heterocycles. The van der Waals surface area contributed by atoms with Crippen LogP contribution in [0.1, 0.15) is 25.0 Å². The summed E-state index contributed by atoms with van der Waals surface area (Å²) in [5.74, 6) is 3.00. The Kier molecular flexibility index (Phi) is 8.13. The molecule has 146 valence electrons. The molecular weight excluding hydrogens is 364 g/mol. The van der Waals surface area contributed by atoms with Crippen LogP contribution in [0.2, 0.25) is 5.02 Å². The summed E-state index contributed by atoms with van der Waals surface area (Å²) in [5.41, 5.74) is 0. The third-order valence-corrected chi connectivity index (χ3v) is 4.37. The minimum absolute atomic E-state index is 0.0438. The lowest BCUT2D eigenvalue weighted by atomic mass is 10.2. The van der Waals surface area contributed by atoms with Crippen molar-refractivity contribution in [3.63, 3.8) is 0 Å². The van der Waals surface area contributed by atoms with E-state index in [2.05, 4.69) is 39.3 Å². The number of hydrogen-bond acceptors (Lipinski definition) is 4. The topological polar surface area (TPSA) is 76.4 Å². The first-order chi connectivity index (χ1) is 13.0. The summed E-state index contributed by atoms with van der Waals surface area (Å²) in [5, 5.41) is 15.3. The average molecular weight is 391 g/mol. The Labute approximate surface area is 165 Å². The number of aryl methyl sites for hydroxylation is 1. The molecule has 2 aromatic rings. The number of nitrogens with zero attached hydrogens (tertiary/aromatic N) is 4. The zero-order valence-corrected chi connectivity index (χ0v) is 16.8. The summed E-state index contributed by atoms with van der Waals surface area (Å²) in [7, 11) is 1.93. The third kappa shape index (κ3) is 6.29. The molecule has 8 heteroatoms. The molecule has 2 N–H and O–H groups in total. The Morgan fingerprint density at radius 3 is 2.78 bits per heavy atom. The molecular formula is C19H27ClN6O. The van der Waals surface area contributed by atoms with Crippen molar-refractivity contribution in [3.8, 4) is 5.75 Å². The molecule has 0 fully saturated rings. The van der Waals surface area contributed by atoms with Crippen molar-refractivity contribution in [1.29, 1.82) is 0 Å². The summed E-state index contributed by atoms with van der Waals surface area (Å²) >= 11 is 6.18. The van der Waals surface area contributed by atoms with Crippen LogP contribution in [-0.4, -0.2) is 39.9 Å². The Morgan fingerprint density at radius 1 is 1.37 bits per heavy atom. The SMILES string of the molecule is C=CCNC(=NCc1nnc(C)n1C)NCC(CC)Oc1ccccc1Cl. The number of benzene rings is 1. The molecule has 0 bridgehead atoms. The summed E-state index contributed by atoms with van der Waals surface area (Å²) in [6.45, 7) is 9.32. The van der Waals surface area contributed by atoms with E-state index in [0.29, 0.717) is 36.4 Å². The van der Waals surface area contributed by atoms with Gasteiger partial charge in [0.15, 0.2) is 11.8 Å². The largest absolute Gasteiger partial charge is 0.487 e. The van der Waals surface area contributed by atoms with Crippen molar-refractivity contribution >= 4 is 17.6 Å². The maximum Gasteiger partial charge on any atom is 0.192 e. The van der Waals surface area contributed by atoms with E-state index in [9.17, 15) is 0 Å². The Hall–Kier alpha value is -2.54. The van der Waals surface area contributed by atoms with Gasteiger partial charge in [0, 0.05) is 13.6 Å². The van der Waals surface area contributed by atoms with Crippen LogP contribution >= 0.6 is 11.6 Å². The highest BCUT2D eigenvalue weighted by molar-refractivity contribution is 6.32. The van der Waals surface area contributed by atoms with Gasteiger partial charge in [0.25, 0.3) is 0 Å². The molecule has 2 rings (SSSR count). The maximum atomic E-state index is 6.18. The van der Waals surface area contributed by atoms with Crippen LogP contribution in [0.25, 0.3) is 0 Å².